The van der Waals surface area contributed by atoms with Crippen LogP contribution in [0.2, 0.25) is 0 Å². The number of fused-ring (bicyclic) bond motifs is 1. The first-order chi connectivity index (χ1) is 15.5. The van der Waals surface area contributed by atoms with Crippen LogP contribution in [0.4, 0.5) is 0 Å². The lowest BCUT2D eigenvalue weighted by atomic mass is 9.95. The number of aliphatic hydroxyl groups excluding tert-OH is 1. The fourth-order valence-corrected chi connectivity index (χ4v) is 4.31. The molecular formula is C25H26N2O5. The number of methoxy groups -OCH3 is 2. The van der Waals surface area contributed by atoms with Gasteiger partial charge in [-0.05, 0) is 36.8 Å². The number of Topliss-reactive ketones (excluding diaryl/α,β-unsaturated/α-hetero) is 1. The third-order valence-electron chi connectivity index (χ3n) is 5.87. The number of ether oxygens (including phenoxy) is 2. The summed E-state index contributed by atoms with van der Waals surface area (Å²) in [7, 11) is 5.08. The number of ketones is 1. The molecule has 2 aromatic carbocycles. The van der Waals surface area contributed by atoms with Crippen LogP contribution >= 0.6 is 0 Å². The minimum absolute atomic E-state index is 0.0916. The number of carbonyl (C=O) groups excluding carboxylic acids is 2. The van der Waals surface area contributed by atoms with Crippen molar-refractivity contribution >= 4 is 28.4 Å². The Morgan fingerprint density at radius 3 is 2.47 bits per heavy atom. The zero-order chi connectivity index (χ0) is 22.8. The largest absolute Gasteiger partial charge is 0.507 e. The van der Waals surface area contributed by atoms with Crippen LogP contribution in [0.3, 0.4) is 0 Å². The van der Waals surface area contributed by atoms with E-state index in [-0.39, 0.29) is 11.3 Å². The summed E-state index contributed by atoms with van der Waals surface area (Å²) in [6.45, 7) is 0.801. The van der Waals surface area contributed by atoms with E-state index in [1.54, 1.807) is 38.5 Å². The van der Waals surface area contributed by atoms with Gasteiger partial charge >= 0.3 is 0 Å². The molecule has 0 aliphatic carbocycles. The number of carbonyl (C=O) groups is 2. The van der Waals surface area contributed by atoms with Crippen LogP contribution in [0.1, 0.15) is 23.6 Å². The van der Waals surface area contributed by atoms with Crippen LogP contribution in [0, 0.1) is 0 Å². The highest BCUT2D eigenvalue weighted by Crippen LogP contribution is 2.42. The number of hydrogen-bond donors (Lipinski definition) is 1. The molecule has 166 valence electrons. The van der Waals surface area contributed by atoms with Crippen LogP contribution in [-0.4, -0.2) is 53.6 Å². The van der Waals surface area contributed by atoms with Crippen molar-refractivity contribution in [1.82, 2.24) is 9.47 Å². The normalized spacial score (nSPS) is 18.0. The fraction of sp³-hybridized carbons (Fsp3) is 0.280. The van der Waals surface area contributed by atoms with Crippen LogP contribution in [0.25, 0.3) is 16.7 Å². The number of amides is 1. The zero-order valence-electron chi connectivity index (χ0n) is 18.4. The van der Waals surface area contributed by atoms with E-state index < -0.39 is 17.7 Å². The first-order valence-electron chi connectivity index (χ1n) is 10.4. The molecule has 0 spiro atoms. The molecule has 1 N–H and O–H groups in total. The lowest BCUT2D eigenvalue weighted by Gasteiger charge is -2.24. The Labute approximate surface area is 186 Å². The summed E-state index contributed by atoms with van der Waals surface area (Å²) in [4.78, 5) is 27.7. The molecule has 1 saturated heterocycles. The molecule has 1 amide bonds. The Balaban J connectivity index is 1.89. The van der Waals surface area contributed by atoms with Gasteiger partial charge in [-0.1, -0.05) is 18.2 Å². The lowest BCUT2D eigenvalue weighted by molar-refractivity contribution is -0.140. The number of aromatic nitrogens is 1. The molecule has 0 radical (unpaired) electrons. The average Bonchev–Trinajstić information content (AvgIpc) is 3.27. The van der Waals surface area contributed by atoms with Crippen molar-refractivity contribution in [1.29, 1.82) is 0 Å². The van der Waals surface area contributed by atoms with Crippen LogP contribution < -0.4 is 4.74 Å². The van der Waals surface area contributed by atoms with E-state index in [4.69, 9.17) is 9.47 Å². The van der Waals surface area contributed by atoms with Crippen molar-refractivity contribution < 1.29 is 24.2 Å². The average molecular weight is 434 g/mol. The van der Waals surface area contributed by atoms with Gasteiger partial charge in [-0.2, -0.15) is 0 Å². The molecule has 1 unspecified atom stereocenters. The molecule has 1 atom stereocenters. The first kappa shape index (κ1) is 21.6. The predicted octanol–water partition coefficient (Wildman–Crippen LogP) is 3.65. The third-order valence-corrected chi connectivity index (χ3v) is 5.87. The summed E-state index contributed by atoms with van der Waals surface area (Å²) in [6, 6.07) is 13.9. The monoisotopic (exact) mass is 434 g/mol. The van der Waals surface area contributed by atoms with Gasteiger partial charge in [0.2, 0.25) is 0 Å². The van der Waals surface area contributed by atoms with E-state index in [1.165, 1.54) is 4.90 Å². The number of nitrogens with zero attached hydrogens (tertiary/aromatic N) is 2. The number of likely N-dealkylation sites (tertiary alicyclic amines) is 1. The summed E-state index contributed by atoms with van der Waals surface area (Å²) in [5.74, 6) is -0.867. The fourth-order valence-electron chi connectivity index (χ4n) is 4.31. The summed E-state index contributed by atoms with van der Waals surface area (Å²) in [5.41, 5.74) is 2.32. The predicted molar refractivity (Wildman–Crippen MR) is 121 cm³/mol. The maximum absolute atomic E-state index is 13.1. The number of aliphatic hydroxyl groups is 1. The van der Waals surface area contributed by atoms with E-state index in [0.717, 1.165) is 16.5 Å². The molecule has 0 saturated carbocycles. The molecule has 3 aromatic rings. The minimum atomic E-state index is -0.694. The highest BCUT2D eigenvalue weighted by atomic mass is 16.5. The van der Waals surface area contributed by atoms with Crippen molar-refractivity contribution in [3.63, 3.8) is 0 Å². The maximum atomic E-state index is 13.1. The second kappa shape index (κ2) is 8.88. The number of hydrogen-bond acceptors (Lipinski definition) is 5. The van der Waals surface area contributed by atoms with E-state index in [9.17, 15) is 14.7 Å². The van der Waals surface area contributed by atoms with Gasteiger partial charge in [0.1, 0.15) is 11.5 Å². The van der Waals surface area contributed by atoms with E-state index in [1.807, 2.05) is 42.1 Å². The molecule has 1 aliphatic heterocycles. The second-order valence-electron chi connectivity index (χ2n) is 7.78. The SMILES string of the molecule is COCCCN1C(=O)C(=O)/C(=C(/O)c2ccc(OC)cc2)C1c1cn(C)c2ccccc12. The highest BCUT2D eigenvalue weighted by Gasteiger charge is 2.46. The molecule has 1 aliphatic rings. The smallest absolute Gasteiger partial charge is 0.295 e. The molecule has 0 bridgehead atoms. The van der Waals surface area contributed by atoms with Gasteiger partial charge in [0.25, 0.3) is 11.7 Å². The van der Waals surface area contributed by atoms with Gasteiger partial charge in [-0.15, -0.1) is 0 Å². The van der Waals surface area contributed by atoms with Crippen LogP contribution in [-0.2, 0) is 21.4 Å². The van der Waals surface area contributed by atoms with Crippen molar-refractivity contribution in [2.24, 2.45) is 7.05 Å². The topological polar surface area (TPSA) is 81.0 Å². The van der Waals surface area contributed by atoms with Crippen LogP contribution in [0.5, 0.6) is 5.75 Å². The Kier molecular flexibility index (Phi) is 6.01. The summed E-state index contributed by atoms with van der Waals surface area (Å²) >= 11 is 0. The molecule has 1 fully saturated rings. The Hall–Kier alpha value is -3.58. The van der Waals surface area contributed by atoms with E-state index in [0.29, 0.717) is 30.9 Å². The third kappa shape index (κ3) is 3.65. The Bertz CT molecular complexity index is 1190. The quantitative estimate of drug-likeness (QED) is 0.266. The van der Waals surface area contributed by atoms with E-state index >= 15 is 0 Å². The molecule has 7 nitrogen and oxygen atoms in total. The Morgan fingerprint density at radius 2 is 1.78 bits per heavy atom. The molecular weight excluding hydrogens is 408 g/mol. The first-order valence-corrected chi connectivity index (χ1v) is 10.4. The Morgan fingerprint density at radius 1 is 1.06 bits per heavy atom. The van der Waals surface area contributed by atoms with Gasteiger partial charge in [0, 0.05) is 55.5 Å². The van der Waals surface area contributed by atoms with Crippen molar-refractivity contribution in [3.05, 3.63) is 71.4 Å². The summed E-state index contributed by atoms with van der Waals surface area (Å²) in [6.07, 6.45) is 2.50. The molecule has 4 rings (SSSR count). The molecule has 2 heterocycles. The molecule has 32 heavy (non-hydrogen) atoms. The van der Waals surface area contributed by atoms with Crippen molar-refractivity contribution in [2.75, 3.05) is 27.4 Å². The summed E-state index contributed by atoms with van der Waals surface area (Å²) in [5, 5.41) is 12.1. The molecule has 7 heteroatoms. The van der Waals surface area contributed by atoms with E-state index in [2.05, 4.69) is 0 Å². The second-order valence-corrected chi connectivity index (χ2v) is 7.78. The highest BCUT2D eigenvalue weighted by molar-refractivity contribution is 6.46. The summed E-state index contributed by atoms with van der Waals surface area (Å²) < 4.78 is 12.3. The lowest BCUT2D eigenvalue weighted by Crippen LogP contribution is -2.31. The van der Waals surface area contributed by atoms with Crippen LogP contribution in [0.15, 0.2) is 60.3 Å². The van der Waals surface area contributed by atoms with Gasteiger partial charge in [-0.25, -0.2) is 0 Å². The zero-order valence-corrected chi connectivity index (χ0v) is 18.4. The van der Waals surface area contributed by atoms with Crippen molar-refractivity contribution in [3.8, 4) is 5.75 Å². The van der Waals surface area contributed by atoms with Gasteiger partial charge in [-0.3, -0.25) is 9.59 Å². The minimum Gasteiger partial charge on any atom is -0.507 e. The molecule has 1 aromatic heterocycles. The standard InChI is InChI=1S/C25H26N2O5/c1-26-15-19(18-7-4-5-8-20(18)26)22-21(23(28)16-9-11-17(32-3)12-10-16)24(29)25(30)27(22)13-6-14-31-2/h4-5,7-12,15,22,28H,6,13-14H2,1-3H3/b23-21+. The van der Waals surface area contributed by atoms with Gasteiger partial charge < -0.3 is 24.0 Å². The number of aryl methyl sites for hydroxylation is 1. The number of rotatable bonds is 7. The van der Waals surface area contributed by atoms with Crippen molar-refractivity contribution in [2.45, 2.75) is 12.5 Å². The van der Waals surface area contributed by atoms with Gasteiger partial charge in [0.05, 0.1) is 18.7 Å². The van der Waals surface area contributed by atoms with Gasteiger partial charge in [0.15, 0.2) is 0 Å². The maximum Gasteiger partial charge on any atom is 0.295 e. The number of para-hydroxylation sites is 1. The number of benzene rings is 2.